The summed E-state index contributed by atoms with van der Waals surface area (Å²) < 4.78 is 5.09. The molecule has 1 aromatic heterocycles. The number of aromatic nitrogens is 1. The lowest BCUT2D eigenvalue weighted by Crippen LogP contribution is -2.25. The molecule has 1 rings (SSSR count). The van der Waals surface area contributed by atoms with Crippen molar-refractivity contribution in [3.8, 4) is 0 Å². The molecule has 0 aromatic carbocycles. The van der Waals surface area contributed by atoms with Crippen LogP contribution in [0.4, 0.5) is 17.3 Å². The summed E-state index contributed by atoms with van der Waals surface area (Å²) in [6, 6.07) is 2.89. The molecular formula is C14H24N4O3. The predicted molar refractivity (Wildman–Crippen MR) is 83.8 cm³/mol. The van der Waals surface area contributed by atoms with Crippen LogP contribution in [0, 0.1) is 15.5 Å². The van der Waals surface area contributed by atoms with Gasteiger partial charge in [0.2, 0.25) is 0 Å². The van der Waals surface area contributed by atoms with Gasteiger partial charge >= 0.3 is 0 Å². The molecule has 1 aromatic rings. The maximum atomic E-state index is 11.0. The van der Waals surface area contributed by atoms with Crippen LogP contribution in [0.3, 0.4) is 0 Å². The van der Waals surface area contributed by atoms with Crippen molar-refractivity contribution >= 4 is 17.3 Å². The smallest absolute Gasteiger partial charge is 0.276 e. The van der Waals surface area contributed by atoms with Crippen LogP contribution in [-0.4, -0.2) is 36.7 Å². The van der Waals surface area contributed by atoms with Gasteiger partial charge in [-0.25, -0.2) is 4.98 Å². The third kappa shape index (κ3) is 5.95. The molecule has 0 aliphatic rings. The van der Waals surface area contributed by atoms with Crippen molar-refractivity contribution in [1.29, 1.82) is 0 Å². The van der Waals surface area contributed by atoms with Crippen molar-refractivity contribution < 1.29 is 9.66 Å². The molecular weight excluding hydrogens is 272 g/mol. The molecule has 21 heavy (non-hydrogen) atoms. The van der Waals surface area contributed by atoms with Crippen LogP contribution in [0.1, 0.15) is 27.2 Å². The monoisotopic (exact) mass is 296 g/mol. The van der Waals surface area contributed by atoms with Crippen LogP contribution in [-0.2, 0) is 4.74 Å². The molecule has 0 fully saturated rings. The van der Waals surface area contributed by atoms with Gasteiger partial charge in [0.05, 0.1) is 17.1 Å². The van der Waals surface area contributed by atoms with E-state index in [2.05, 4.69) is 29.5 Å². The Labute approximate surface area is 125 Å². The summed E-state index contributed by atoms with van der Waals surface area (Å²) in [5.41, 5.74) is 0.0406. The first-order valence-corrected chi connectivity index (χ1v) is 7.01. The maximum Gasteiger partial charge on any atom is 0.276 e. The van der Waals surface area contributed by atoms with Crippen molar-refractivity contribution in [2.45, 2.75) is 27.2 Å². The van der Waals surface area contributed by atoms with Crippen LogP contribution >= 0.6 is 0 Å². The zero-order chi connectivity index (χ0) is 15.9. The Morgan fingerprint density at radius 1 is 1.33 bits per heavy atom. The molecule has 0 bridgehead atoms. The molecule has 0 amide bonds. The van der Waals surface area contributed by atoms with Gasteiger partial charge in [-0.3, -0.25) is 10.1 Å². The molecule has 118 valence electrons. The van der Waals surface area contributed by atoms with Gasteiger partial charge < -0.3 is 15.4 Å². The summed E-state index contributed by atoms with van der Waals surface area (Å²) in [4.78, 5) is 14.9. The Balaban J connectivity index is 2.79. The average Bonchev–Trinajstić information content (AvgIpc) is 2.43. The van der Waals surface area contributed by atoms with Crippen LogP contribution < -0.4 is 10.6 Å². The zero-order valence-corrected chi connectivity index (χ0v) is 13.1. The number of methoxy groups -OCH3 is 1. The average molecular weight is 296 g/mol. The molecule has 1 heterocycles. The molecule has 7 nitrogen and oxygen atoms in total. The van der Waals surface area contributed by atoms with Crippen molar-refractivity contribution in [3.63, 3.8) is 0 Å². The fourth-order valence-electron chi connectivity index (χ4n) is 1.78. The number of hydrogen-bond acceptors (Lipinski definition) is 6. The third-order valence-corrected chi connectivity index (χ3v) is 3.11. The van der Waals surface area contributed by atoms with Gasteiger partial charge in [0.25, 0.3) is 5.69 Å². The molecule has 0 aliphatic carbocycles. The van der Waals surface area contributed by atoms with Gasteiger partial charge in [0, 0.05) is 26.8 Å². The topological polar surface area (TPSA) is 89.3 Å². The van der Waals surface area contributed by atoms with E-state index in [1.165, 1.54) is 12.1 Å². The second-order valence-corrected chi connectivity index (χ2v) is 5.64. The lowest BCUT2D eigenvalue weighted by Gasteiger charge is -2.24. The Hall–Kier alpha value is -1.89. The second-order valence-electron chi connectivity index (χ2n) is 5.64. The van der Waals surface area contributed by atoms with E-state index in [0.717, 1.165) is 6.42 Å². The van der Waals surface area contributed by atoms with Crippen LogP contribution in [0.25, 0.3) is 0 Å². The number of hydrogen-bond donors (Lipinski definition) is 2. The van der Waals surface area contributed by atoms with E-state index in [1.54, 1.807) is 7.11 Å². The Morgan fingerprint density at radius 2 is 1.95 bits per heavy atom. The van der Waals surface area contributed by atoms with Crippen molar-refractivity contribution in [2.24, 2.45) is 5.41 Å². The number of pyridine rings is 1. The standard InChI is InChI=1S/C14H24N4O3/c1-5-15-12-8-11(18(19)20)9-13(17-12)16-10-14(2,3)6-7-21-4/h8-9H,5-7,10H2,1-4H3,(H2,15,16,17). The number of rotatable bonds is 9. The number of ether oxygens (including phenoxy) is 1. The lowest BCUT2D eigenvalue weighted by atomic mass is 9.90. The van der Waals surface area contributed by atoms with Crippen LogP contribution in [0.15, 0.2) is 12.1 Å². The summed E-state index contributed by atoms with van der Waals surface area (Å²) in [5.74, 6) is 1.01. The number of nitrogens with zero attached hydrogens (tertiary/aromatic N) is 2. The van der Waals surface area contributed by atoms with Crippen molar-refractivity contribution in [2.75, 3.05) is 37.4 Å². The Kier molecular flexibility index (Phi) is 6.36. The summed E-state index contributed by atoms with van der Waals surface area (Å²) in [6.45, 7) is 8.15. The highest BCUT2D eigenvalue weighted by atomic mass is 16.6. The van der Waals surface area contributed by atoms with E-state index < -0.39 is 4.92 Å². The fraction of sp³-hybridized carbons (Fsp3) is 0.643. The first-order chi connectivity index (χ1) is 9.88. The summed E-state index contributed by atoms with van der Waals surface area (Å²) in [6.07, 6.45) is 0.894. The minimum atomic E-state index is -0.413. The van der Waals surface area contributed by atoms with E-state index in [9.17, 15) is 10.1 Å². The fourth-order valence-corrected chi connectivity index (χ4v) is 1.78. The second kappa shape index (κ2) is 7.78. The van der Waals surface area contributed by atoms with Gasteiger partial charge in [0.15, 0.2) is 0 Å². The molecule has 0 saturated carbocycles. The molecule has 0 aliphatic heterocycles. The van der Waals surface area contributed by atoms with Crippen LogP contribution in [0.2, 0.25) is 0 Å². The molecule has 7 heteroatoms. The zero-order valence-electron chi connectivity index (χ0n) is 13.1. The van der Waals surface area contributed by atoms with E-state index in [0.29, 0.717) is 31.3 Å². The Morgan fingerprint density at radius 3 is 2.48 bits per heavy atom. The van der Waals surface area contributed by atoms with E-state index in [1.807, 2.05) is 6.92 Å². The van der Waals surface area contributed by atoms with Gasteiger partial charge in [0.1, 0.15) is 11.6 Å². The van der Waals surface area contributed by atoms with E-state index >= 15 is 0 Å². The maximum absolute atomic E-state index is 11.0. The van der Waals surface area contributed by atoms with Gasteiger partial charge in [-0.2, -0.15) is 0 Å². The summed E-state index contributed by atoms with van der Waals surface area (Å²) >= 11 is 0. The molecule has 0 atom stereocenters. The highest BCUT2D eigenvalue weighted by Crippen LogP contribution is 2.24. The van der Waals surface area contributed by atoms with Gasteiger partial charge in [-0.1, -0.05) is 13.8 Å². The first-order valence-electron chi connectivity index (χ1n) is 7.01. The molecule has 0 spiro atoms. The van der Waals surface area contributed by atoms with E-state index in [4.69, 9.17) is 4.74 Å². The SMILES string of the molecule is CCNc1cc([N+](=O)[O-])cc(NCC(C)(C)CCOC)n1. The number of nitro groups is 1. The minimum absolute atomic E-state index is 0.0145. The largest absolute Gasteiger partial charge is 0.385 e. The first kappa shape index (κ1) is 17.2. The lowest BCUT2D eigenvalue weighted by molar-refractivity contribution is -0.384. The molecule has 0 unspecified atom stereocenters. The number of nitrogens with one attached hydrogen (secondary N) is 2. The summed E-state index contributed by atoms with van der Waals surface area (Å²) in [7, 11) is 1.67. The minimum Gasteiger partial charge on any atom is -0.385 e. The predicted octanol–water partition coefficient (Wildman–Crippen LogP) is 2.90. The van der Waals surface area contributed by atoms with Gasteiger partial charge in [-0.05, 0) is 18.8 Å². The van der Waals surface area contributed by atoms with Crippen LogP contribution in [0.5, 0.6) is 0 Å². The molecule has 0 saturated heterocycles. The highest BCUT2D eigenvalue weighted by Gasteiger charge is 2.18. The van der Waals surface area contributed by atoms with Gasteiger partial charge in [-0.15, -0.1) is 0 Å². The normalized spacial score (nSPS) is 11.2. The molecule has 0 radical (unpaired) electrons. The van der Waals surface area contributed by atoms with Crippen molar-refractivity contribution in [1.82, 2.24) is 4.98 Å². The van der Waals surface area contributed by atoms with E-state index in [-0.39, 0.29) is 11.1 Å². The number of anilines is 2. The van der Waals surface area contributed by atoms with Crippen molar-refractivity contribution in [3.05, 3.63) is 22.2 Å². The molecule has 2 N–H and O–H groups in total. The highest BCUT2D eigenvalue weighted by molar-refractivity contribution is 5.54. The summed E-state index contributed by atoms with van der Waals surface area (Å²) in [5, 5.41) is 17.1. The quantitative estimate of drug-likeness (QED) is 0.538. The Bertz CT molecular complexity index is 477. The third-order valence-electron chi connectivity index (χ3n) is 3.11.